The van der Waals surface area contributed by atoms with Gasteiger partial charge in [-0.3, -0.25) is 9.59 Å². The Balaban J connectivity index is 1.72. The number of furan rings is 1. The summed E-state index contributed by atoms with van der Waals surface area (Å²) in [5.74, 6) is -0.264. The third-order valence-corrected chi connectivity index (χ3v) is 5.06. The second-order valence-electron chi connectivity index (χ2n) is 7.07. The molecule has 2 aromatic carbocycles. The lowest BCUT2D eigenvalue weighted by molar-refractivity contribution is 0.0969. The Morgan fingerprint density at radius 3 is 2.70 bits per heavy atom. The fourth-order valence-electron chi connectivity index (χ4n) is 3.56. The number of carbonyl (C=O) groups excluding carboxylic acids is 1. The molecule has 7 nitrogen and oxygen atoms in total. The van der Waals surface area contributed by atoms with Crippen LogP contribution in [0.15, 0.2) is 76.1 Å². The summed E-state index contributed by atoms with van der Waals surface area (Å²) in [4.78, 5) is 26.0. The van der Waals surface area contributed by atoms with Gasteiger partial charge in [0, 0.05) is 30.2 Å². The Bertz CT molecular complexity index is 1280. The van der Waals surface area contributed by atoms with Crippen LogP contribution in [0.5, 0.6) is 5.75 Å². The van der Waals surface area contributed by atoms with Crippen molar-refractivity contribution >= 4 is 28.1 Å². The predicted molar refractivity (Wildman–Crippen MR) is 116 cm³/mol. The van der Waals surface area contributed by atoms with Gasteiger partial charge in [-0.1, -0.05) is 18.2 Å². The molecule has 0 bridgehead atoms. The zero-order valence-electron chi connectivity index (χ0n) is 16.3. The van der Waals surface area contributed by atoms with Gasteiger partial charge >= 0.3 is 0 Å². The molecular formula is C23H21N3O4. The van der Waals surface area contributed by atoms with Gasteiger partial charge in [-0.05, 0) is 42.5 Å². The summed E-state index contributed by atoms with van der Waals surface area (Å²) in [6.45, 7) is 0. The van der Waals surface area contributed by atoms with E-state index in [1.165, 1.54) is 10.8 Å². The molecule has 7 heteroatoms. The third kappa shape index (κ3) is 3.53. The topological polar surface area (TPSA) is 110 Å². The number of fused-ring (bicyclic) bond motifs is 1. The highest BCUT2D eigenvalue weighted by molar-refractivity contribution is 6.03. The van der Waals surface area contributed by atoms with Crippen molar-refractivity contribution in [1.82, 2.24) is 4.57 Å². The maximum absolute atomic E-state index is 13.2. The third-order valence-electron chi connectivity index (χ3n) is 5.06. The summed E-state index contributed by atoms with van der Waals surface area (Å²) in [7, 11) is 1.58. The molecule has 0 aliphatic heterocycles. The van der Waals surface area contributed by atoms with E-state index in [0.717, 1.165) is 0 Å². The van der Waals surface area contributed by atoms with Crippen molar-refractivity contribution in [1.29, 1.82) is 0 Å². The Morgan fingerprint density at radius 1 is 1.17 bits per heavy atom. The van der Waals surface area contributed by atoms with Crippen molar-refractivity contribution in [3.63, 3.8) is 0 Å². The van der Waals surface area contributed by atoms with Gasteiger partial charge in [0.15, 0.2) is 5.78 Å². The Labute approximate surface area is 172 Å². The van der Waals surface area contributed by atoms with E-state index in [-0.39, 0.29) is 17.7 Å². The highest BCUT2D eigenvalue weighted by Crippen LogP contribution is 2.30. The zero-order valence-corrected chi connectivity index (χ0v) is 16.3. The van der Waals surface area contributed by atoms with Crippen LogP contribution >= 0.6 is 0 Å². The number of anilines is 2. The van der Waals surface area contributed by atoms with Crippen molar-refractivity contribution in [2.45, 2.75) is 12.5 Å². The lowest BCUT2D eigenvalue weighted by Gasteiger charge is -2.18. The van der Waals surface area contributed by atoms with Gasteiger partial charge < -0.3 is 25.1 Å². The minimum atomic E-state index is -0.551. The van der Waals surface area contributed by atoms with Crippen LogP contribution in [0.3, 0.4) is 0 Å². The second kappa shape index (κ2) is 7.79. The van der Waals surface area contributed by atoms with Crippen molar-refractivity contribution in [2.24, 2.45) is 7.05 Å². The average molecular weight is 403 g/mol. The number of benzene rings is 2. The molecule has 1 unspecified atom stereocenters. The largest absolute Gasteiger partial charge is 0.506 e. The molecule has 152 valence electrons. The number of nitrogen functional groups attached to an aromatic ring is 1. The Hall–Kier alpha value is -4.00. The number of aromatic nitrogens is 1. The first-order valence-corrected chi connectivity index (χ1v) is 9.45. The van der Waals surface area contributed by atoms with Gasteiger partial charge in [-0.2, -0.15) is 0 Å². The molecule has 4 aromatic rings. The monoisotopic (exact) mass is 403 g/mol. The quantitative estimate of drug-likeness (QED) is 0.333. The summed E-state index contributed by atoms with van der Waals surface area (Å²) >= 11 is 0. The predicted octanol–water partition coefficient (Wildman–Crippen LogP) is 3.85. The number of hydrogen-bond acceptors (Lipinski definition) is 6. The zero-order chi connectivity index (χ0) is 21.3. The number of nitrogens with two attached hydrogens (primary N) is 1. The van der Waals surface area contributed by atoms with Crippen molar-refractivity contribution in [3.05, 3.63) is 88.6 Å². The number of para-hydroxylation sites is 1. The van der Waals surface area contributed by atoms with E-state index in [2.05, 4.69) is 5.32 Å². The standard InChI is InChI=1S/C23H21N3O4/c1-26-18-9-3-2-8-16(18)22(28)21(23(26)29)19(27)13-17(20-10-5-11-30-20)25-15-7-4-6-14(24)12-15/h2-12,17,25,28H,13,24H2,1H3. The molecule has 0 saturated heterocycles. The SMILES string of the molecule is Cn1c(=O)c(C(=O)CC(Nc2cccc(N)c2)c2ccco2)c(O)c2ccccc21. The van der Waals surface area contributed by atoms with E-state index < -0.39 is 17.4 Å². The van der Waals surface area contributed by atoms with Gasteiger partial charge in [0.2, 0.25) is 0 Å². The van der Waals surface area contributed by atoms with E-state index in [1.54, 1.807) is 61.6 Å². The number of aryl methyl sites for hydroxylation is 1. The van der Waals surface area contributed by atoms with Crippen LogP contribution in [0.4, 0.5) is 11.4 Å². The fourth-order valence-corrected chi connectivity index (χ4v) is 3.56. The molecule has 2 heterocycles. The van der Waals surface area contributed by atoms with Gasteiger partial charge in [0.1, 0.15) is 17.1 Å². The molecule has 0 aliphatic carbocycles. The molecule has 4 N–H and O–H groups in total. The minimum absolute atomic E-state index is 0.0938. The number of hydrogen-bond donors (Lipinski definition) is 3. The van der Waals surface area contributed by atoms with Crippen LogP contribution in [-0.2, 0) is 7.05 Å². The van der Waals surface area contributed by atoms with Crippen LogP contribution in [-0.4, -0.2) is 15.5 Å². The molecule has 0 saturated carbocycles. The van der Waals surface area contributed by atoms with Crippen molar-refractivity contribution in [3.8, 4) is 5.75 Å². The summed E-state index contributed by atoms with van der Waals surface area (Å²) in [6.07, 6.45) is 1.42. The summed E-state index contributed by atoms with van der Waals surface area (Å²) < 4.78 is 6.87. The number of pyridine rings is 1. The number of nitrogens with one attached hydrogen (secondary N) is 1. The van der Waals surface area contributed by atoms with Crippen LogP contribution in [0.1, 0.15) is 28.6 Å². The first kappa shape index (κ1) is 19.3. The van der Waals surface area contributed by atoms with Crippen LogP contribution in [0.25, 0.3) is 10.9 Å². The number of ketones is 1. The van der Waals surface area contributed by atoms with Crippen LogP contribution in [0.2, 0.25) is 0 Å². The highest BCUT2D eigenvalue weighted by Gasteiger charge is 2.26. The van der Waals surface area contributed by atoms with Crippen LogP contribution < -0.4 is 16.6 Å². The van der Waals surface area contributed by atoms with E-state index >= 15 is 0 Å². The van der Waals surface area contributed by atoms with E-state index in [4.69, 9.17) is 10.2 Å². The van der Waals surface area contributed by atoms with E-state index in [1.807, 2.05) is 6.07 Å². The number of aromatic hydroxyl groups is 1. The molecule has 30 heavy (non-hydrogen) atoms. The molecule has 0 radical (unpaired) electrons. The molecule has 0 amide bonds. The number of nitrogens with zero attached hydrogens (tertiary/aromatic N) is 1. The molecule has 0 spiro atoms. The second-order valence-corrected chi connectivity index (χ2v) is 7.07. The molecule has 0 fully saturated rings. The number of carbonyl (C=O) groups is 1. The summed E-state index contributed by atoms with van der Waals surface area (Å²) in [5.41, 5.74) is 6.91. The molecule has 1 atom stereocenters. The Morgan fingerprint density at radius 2 is 1.97 bits per heavy atom. The number of rotatable bonds is 6. The van der Waals surface area contributed by atoms with Crippen LogP contribution in [0, 0.1) is 0 Å². The first-order valence-electron chi connectivity index (χ1n) is 9.45. The molecule has 2 aromatic heterocycles. The summed E-state index contributed by atoms with van der Waals surface area (Å²) in [5, 5.41) is 14.4. The van der Waals surface area contributed by atoms with E-state index in [9.17, 15) is 14.7 Å². The maximum atomic E-state index is 13.2. The first-order chi connectivity index (χ1) is 14.5. The smallest absolute Gasteiger partial charge is 0.265 e. The van der Waals surface area contributed by atoms with Gasteiger partial charge in [0.25, 0.3) is 5.56 Å². The molecule has 4 rings (SSSR count). The minimum Gasteiger partial charge on any atom is -0.506 e. The van der Waals surface area contributed by atoms with Crippen molar-refractivity contribution < 1.29 is 14.3 Å². The normalized spacial score (nSPS) is 12.0. The summed E-state index contributed by atoms with van der Waals surface area (Å²) in [6, 6.07) is 16.9. The lowest BCUT2D eigenvalue weighted by Crippen LogP contribution is -2.26. The van der Waals surface area contributed by atoms with E-state index in [0.29, 0.717) is 28.0 Å². The van der Waals surface area contributed by atoms with Gasteiger partial charge in [-0.15, -0.1) is 0 Å². The average Bonchev–Trinajstić information content (AvgIpc) is 3.27. The van der Waals surface area contributed by atoms with Gasteiger partial charge in [-0.25, -0.2) is 0 Å². The maximum Gasteiger partial charge on any atom is 0.265 e. The Kier molecular flexibility index (Phi) is 5.02. The highest BCUT2D eigenvalue weighted by atomic mass is 16.3. The molecule has 0 aliphatic rings. The number of Topliss-reactive ketones (excluding diaryl/α,β-unsaturated/α-hetero) is 1. The molecular weight excluding hydrogens is 382 g/mol. The van der Waals surface area contributed by atoms with Crippen molar-refractivity contribution in [2.75, 3.05) is 11.1 Å². The fraction of sp³-hybridized carbons (Fsp3) is 0.130. The van der Waals surface area contributed by atoms with Gasteiger partial charge in [0.05, 0.1) is 17.8 Å². The lowest BCUT2D eigenvalue weighted by atomic mass is 10.00.